The number of nitrogens with one attached hydrogen (secondary N) is 1. The lowest BCUT2D eigenvalue weighted by atomic mass is 10.0. The third-order valence-electron chi connectivity index (χ3n) is 6.56. The van der Waals surface area contributed by atoms with E-state index < -0.39 is 5.97 Å². The Morgan fingerprint density at radius 1 is 0.950 bits per heavy atom. The first kappa shape index (κ1) is 30.8. The number of carbonyl (C=O) groups excluding carboxylic acids is 1. The zero-order chi connectivity index (χ0) is 29.1. The maximum atomic E-state index is 12.4. The quantitative estimate of drug-likeness (QED) is 0.222. The molecule has 2 N–H and O–H groups in total. The van der Waals surface area contributed by atoms with E-state index >= 15 is 0 Å². The van der Waals surface area contributed by atoms with Crippen LogP contribution in [0.3, 0.4) is 0 Å². The number of anilines is 1. The lowest BCUT2D eigenvalue weighted by Crippen LogP contribution is -2.26. The van der Waals surface area contributed by atoms with Crippen molar-refractivity contribution >= 4 is 34.9 Å². The third kappa shape index (κ3) is 9.16. The summed E-state index contributed by atoms with van der Waals surface area (Å²) in [6.45, 7) is 11.5. The number of hydrogen-bond acceptors (Lipinski definition) is 4. The minimum Gasteiger partial charge on any atom is -0.481 e. The molecule has 0 bridgehead atoms. The molecule has 5 nitrogen and oxygen atoms in total. The molecule has 3 aromatic rings. The van der Waals surface area contributed by atoms with Gasteiger partial charge in [0.2, 0.25) is 0 Å². The van der Waals surface area contributed by atoms with Crippen molar-refractivity contribution in [3.63, 3.8) is 0 Å². The van der Waals surface area contributed by atoms with Crippen LogP contribution in [0.25, 0.3) is 5.57 Å². The minimum absolute atomic E-state index is 0.0999. The molecule has 0 atom stereocenters. The summed E-state index contributed by atoms with van der Waals surface area (Å²) >= 11 is 1.74. The number of nitrogens with zero attached hydrogens (tertiary/aromatic N) is 1. The summed E-state index contributed by atoms with van der Waals surface area (Å²) in [6, 6.07) is 22.7. The number of benzene rings is 3. The van der Waals surface area contributed by atoms with Crippen LogP contribution in [-0.2, 0) is 11.3 Å². The van der Waals surface area contributed by atoms with Gasteiger partial charge in [-0.1, -0.05) is 84.8 Å². The largest absolute Gasteiger partial charge is 0.481 e. The zero-order valence-corrected chi connectivity index (χ0v) is 25.0. The Kier molecular flexibility index (Phi) is 11.6. The number of rotatable bonds is 13. The predicted molar refractivity (Wildman–Crippen MR) is 169 cm³/mol. The van der Waals surface area contributed by atoms with Crippen LogP contribution in [0.1, 0.15) is 71.3 Å². The number of allylic oxidation sites excluding steroid dienone is 2. The fourth-order valence-electron chi connectivity index (χ4n) is 4.31. The van der Waals surface area contributed by atoms with Gasteiger partial charge in [-0.2, -0.15) is 0 Å². The summed E-state index contributed by atoms with van der Waals surface area (Å²) in [7, 11) is 0. The van der Waals surface area contributed by atoms with Crippen molar-refractivity contribution in [3.8, 4) is 0 Å². The molecule has 40 heavy (non-hydrogen) atoms. The number of hydrogen-bond donors (Lipinski definition) is 2. The van der Waals surface area contributed by atoms with Crippen LogP contribution in [0.4, 0.5) is 5.69 Å². The van der Waals surface area contributed by atoms with E-state index in [4.69, 9.17) is 5.11 Å². The summed E-state index contributed by atoms with van der Waals surface area (Å²) in [5.74, 6) is -1.20. The Hall–Kier alpha value is -3.77. The fraction of sp³-hybridized carbons (Fsp3) is 0.294. The molecule has 210 valence electrons. The molecule has 0 radical (unpaired) electrons. The van der Waals surface area contributed by atoms with E-state index in [0.29, 0.717) is 12.1 Å². The van der Waals surface area contributed by atoms with Crippen LogP contribution in [0.15, 0.2) is 83.2 Å². The second-order valence-electron chi connectivity index (χ2n) is 10.1. The molecule has 0 aliphatic rings. The first-order valence-corrected chi connectivity index (χ1v) is 14.6. The number of aliphatic carboxylic acids is 1. The van der Waals surface area contributed by atoms with Crippen molar-refractivity contribution in [1.82, 2.24) is 5.32 Å². The van der Waals surface area contributed by atoms with Crippen LogP contribution >= 0.6 is 11.8 Å². The average molecular weight is 557 g/mol. The fourth-order valence-corrected chi connectivity index (χ4v) is 5.24. The van der Waals surface area contributed by atoms with Gasteiger partial charge in [-0.3, -0.25) is 9.59 Å². The molecular formula is C34H40N2O3S. The van der Waals surface area contributed by atoms with E-state index in [9.17, 15) is 9.59 Å². The van der Waals surface area contributed by atoms with Crippen molar-refractivity contribution in [2.75, 3.05) is 11.4 Å². The van der Waals surface area contributed by atoms with Crippen LogP contribution in [0.2, 0.25) is 0 Å². The highest BCUT2D eigenvalue weighted by atomic mass is 32.2. The summed E-state index contributed by atoms with van der Waals surface area (Å²) in [4.78, 5) is 25.5. The number of amides is 1. The number of carboxylic acids is 1. The molecule has 0 saturated heterocycles. The Labute approximate surface area is 243 Å². The first-order valence-electron chi connectivity index (χ1n) is 13.7. The van der Waals surface area contributed by atoms with E-state index in [0.717, 1.165) is 29.1 Å². The Bertz CT molecular complexity index is 1360. The molecule has 0 fully saturated rings. The number of unbranched alkanes of at least 4 members (excludes halogenated alkanes) is 1. The monoisotopic (exact) mass is 556 g/mol. The highest BCUT2D eigenvalue weighted by molar-refractivity contribution is 8.06. The Morgan fingerprint density at radius 3 is 2.25 bits per heavy atom. The van der Waals surface area contributed by atoms with Crippen LogP contribution in [-0.4, -0.2) is 23.5 Å². The van der Waals surface area contributed by atoms with Gasteiger partial charge >= 0.3 is 5.97 Å². The molecule has 0 heterocycles. The van der Waals surface area contributed by atoms with Crippen LogP contribution < -0.4 is 10.2 Å². The maximum absolute atomic E-state index is 12.4. The van der Waals surface area contributed by atoms with Crippen molar-refractivity contribution < 1.29 is 14.7 Å². The summed E-state index contributed by atoms with van der Waals surface area (Å²) < 4.78 is 0. The molecule has 0 aromatic heterocycles. The van der Waals surface area contributed by atoms with E-state index in [1.807, 2.05) is 12.1 Å². The number of carbonyl (C=O) groups is 2. The minimum atomic E-state index is -0.935. The standard InChI is InChI=1S/C34H40N2O3S/c1-6-7-8-32(40-23-27(5)31-18-11-25(3)21-26(31)4)36(30-16-9-24(2)10-17-30)22-28-12-14-29(15-13-28)34(39)35-20-19-33(37)38/h8-18,21,23H,6-7,19-20,22H2,1-5H3,(H,35,39)(H,37,38)/b27-23+,32-8+. The van der Waals surface area contributed by atoms with Gasteiger partial charge in [0.1, 0.15) is 0 Å². The maximum Gasteiger partial charge on any atom is 0.305 e. The molecule has 0 spiro atoms. The second kappa shape index (κ2) is 15.1. The number of aryl methyl sites for hydroxylation is 3. The van der Waals surface area contributed by atoms with Crippen LogP contribution in [0.5, 0.6) is 0 Å². The van der Waals surface area contributed by atoms with Gasteiger partial charge in [0.25, 0.3) is 5.91 Å². The predicted octanol–water partition coefficient (Wildman–Crippen LogP) is 8.26. The Morgan fingerprint density at radius 2 is 1.62 bits per heavy atom. The van der Waals surface area contributed by atoms with Crippen molar-refractivity contribution in [1.29, 1.82) is 0 Å². The highest BCUT2D eigenvalue weighted by Gasteiger charge is 2.15. The molecule has 0 aliphatic heterocycles. The second-order valence-corrected chi connectivity index (χ2v) is 11.0. The van der Waals surface area contributed by atoms with E-state index in [2.05, 4.69) is 98.8 Å². The highest BCUT2D eigenvalue weighted by Crippen LogP contribution is 2.33. The molecule has 1 amide bonds. The number of carboxylic acid groups (broad SMARTS) is 1. The van der Waals surface area contributed by atoms with Gasteiger partial charge in [-0.25, -0.2) is 0 Å². The first-order chi connectivity index (χ1) is 19.2. The van der Waals surface area contributed by atoms with Crippen LogP contribution in [0, 0.1) is 20.8 Å². The zero-order valence-electron chi connectivity index (χ0n) is 24.2. The lowest BCUT2D eigenvalue weighted by Gasteiger charge is -2.27. The Balaban J connectivity index is 1.88. The normalized spacial score (nSPS) is 11.8. The van der Waals surface area contributed by atoms with Gasteiger partial charge in [0.05, 0.1) is 11.4 Å². The molecule has 0 unspecified atom stereocenters. The van der Waals surface area contributed by atoms with E-state index in [1.165, 1.54) is 27.8 Å². The number of thioether (sulfide) groups is 1. The molecule has 6 heteroatoms. The SMILES string of the molecule is CCC/C=C(/S/C=C(\C)c1ccc(C)cc1C)N(Cc1ccc(C(=O)NCCC(=O)O)cc1)c1ccc(C)cc1. The van der Waals surface area contributed by atoms with Crippen molar-refractivity contribution in [2.45, 2.75) is 60.4 Å². The van der Waals surface area contributed by atoms with Gasteiger partial charge in [-0.15, -0.1) is 0 Å². The molecule has 0 aliphatic carbocycles. The third-order valence-corrected chi connectivity index (χ3v) is 7.66. The van der Waals surface area contributed by atoms with Gasteiger partial charge < -0.3 is 15.3 Å². The molecular weight excluding hydrogens is 516 g/mol. The van der Waals surface area contributed by atoms with Crippen molar-refractivity contribution in [3.05, 3.63) is 117 Å². The molecule has 3 aromatic carbocycles. The topological polar surface area (TPSA) is 69.6 Å². The average Bonchev–Trinajstić information content (AvgIpc) is 2.92. The van der Waals surface area contributed by atoms with Gasteiger partial charge in [0.15, 0.2) is 0 Å². The summed E-state index contributed by atoms with van der Waals surface area (Å²) in [5.41, 5.74) is 8.92. The van der Waals surface area contributed by atoms with E-state index in [1.54, 1.807) is 23.9 Å². The van der Waals surface area contributed by atoms with Gasteiger partial charge in [-0.05, 0) is 86.1 Å². The molecule has 3 rings (SSSR count). The molecule has 0 saturated carbocycles. The summed E-state index contributed by atoms with van der Waals surface area (Å²) in [5, 5.41) is 14.9. The van der Waals surface area contributed by atoms with Crippen molar-refractivity contribution in [2.24, 2.45) is 0 Å². The smallest absolute Gasteiger partial charge is 0.305 e. The lowest BCUT2D eigenvalue weighted by molar-refractivity contribution is -0.136. The van der Waals surface area contributed by atoms with E-state index in [-0.39, 0.29) is 18.9 Å². The summed E-state index contributed by atoms with van der Waals surface area (Å²) in [6.07, 6.45) is 4.23. The van der Waals surface area contributed by atoms with Gasteiger partial charge in [0, 0.05) is 24.3 Å².